The average Bonchev–Trinajstić information content (AvgIpc) is 2.75. The number of hydrogen-bond acceptors (Lipinski definition) is 6. The van der Waals surface area contributed by atoms with Crippen LogP contribution in [0.2, 0.25) is 0 Å². The van der Waals surface area contributed by atoms with Gasteiger partial charge in [0.2, 0.25) is 5.95 Å². The molecule has 0 bridgehead atoms. The fourth-order valence-corrected chi connectivity index (χ4v) is 4.06. The number of pyridine rings is 1. The first-order chi connectivity index (χ1) is 13.2. The quantitative estimate of drug-likeness (QED) is 0.889. The van der Waals surface area contributed by atoms with Crippen LogP contribution in [0.3, 0.4) is 0 Å². The van der Waals surface area contributed by atoms with Crippen LogP contribution in [-0.4, -0.2) is 63.1 Å². The van der Waals surface area contributed by atoms with Crippen LogP contribution in [0, 0.1) is 0 Å². The van der Waals surface area contributed by atoms with Gasteiger partial charge in [-0.25, -0.2) is 14.8 Å². The van der Waals surface area contributed by atoms with Crippen molar-refractivity contribution in [2.45, 2.75) is 38.1 Å². The van der Waals surface area contributed by atoms with E-state index in [-0.39, 0.29) is 5.56 Å². The number of carbonyl (C=O) groups is 1. The first kappa shape index (κ1) is 17.9. The van der Waals surface area contributed by atoms with Crippen LogP contribution in [0.1, 0.15) is 42.5 Å². The molecule has 7 nitrogen and oxygen atoms in total. The summed E-state index contributed by atoms with van der Waals surface area (Å²) in [6.07, 6.45) is 9.53. The first-order valence-corrected chi connectivity index (χ1v) is 9.72. The first-order valence-electron chi connectivity index (χ1n) is 9.72. The minimum absolute atomic E-state index is 0.211. The lowest BCUT2D eigenvalue weighted by molar-refractivity contribution is 0.0697. The van der Waals surface area contributed by atoms with Gasteiger partial charge in [-0.1, -0.05) is 6.42 Å². The molecule has 27 heavy (non-hydrogen) atoms. The standard InChI is InChI=1S/C20H25N5O2/c26-19(27)15-4-8-21-18(14-15)17-5-9-22-20(23-17)25-12-6-16(7-13-25)24-10-2-1-3-11-24/h4-5,8-9,14,16H,1-3,6-7,10-13H2,(H,26,27). The Kier molecular flexibility index (Phi) is 5.29. The molecule has 0 saturated carbocycles. The number of piperidine rings is 2. The van der Waals surface area contributed by atoms with Crippen molar-refractivity contribution in [3.05, 3.63) is 36.2 Å². The maximum absolute atomic E-state index is 11.2. The van der Waals surface area contributed by atoms with E-state index < -0.39 is 5.97 Å². The Morgan fingerprint density at radius 1 is 0.963 bits per heavy atom. The second-order valence-electron chi connectivity index (χ2n) is 7.29. The zero-order chi connectivity index (χ0) is 18.6. The largest absolute Gasteiger partial charge is 0.478 e. The predicted molar refractivity (Wildman–Crippen MR) is 103 cm³/mol. The van der Waals surface area contributed by atoms with Gasteiger partial charge in [0.1, 0.15) is 0 Å². The Morgan fingerprint density at radius 3 is 2.44 bits per heavy atom. The molecule has 0 aromatic carbocycles. The molecule has 2 fully saturated rings. The van der Waals surface area contributed by atoms with Gasteiger partial charge in [0.25, 0.3) is 0 Å². The third-order valence-corrected chi connectivity index (χ3v) is 5.57. The Morgan fingerprint density at radius 2 is 1.70 bits per heavy atom. The van der Waals surface area contributed by atoms with Crippen LogP contribution in [0.5, 0.6) is 0 Å². The van der Waals surface area contributed by atoms with E-state index in [1.54, 1.807) is 18.3 Å². The molecular weight excluding hydrogens is 342 g/mol. The molecule has 7 heteroatoms. The molecule has 0 atom stereocenters. The normalized spacial score (nSPS) is 19.2. The molecule has 2 aromatic heterocycles. The Bertz CT molecular complexity index is 798. The fraction of sp³-hybridized carbons (Fsp3) is 0.500. The second kappa shape index (κ2) is 8.00. The molecule has 4 rings (SSSR count). The highest BCUT2D eigenvalue weighted by Gasteiger charge is 2.26. The van der Waals surface area contributed by atoms with Gasteiger partial charge in [0.05, 0.1) is 17.0 Å². The van der Waals surface area contributed by atoms with Crippen molar-refractivity contribution in [1.29, 1.82) is 0 Å². The topological polar surface area (TPSA) is 82.4 Å². The molecule has 142 valence electrons. The molecule has 0 unspecified atom stereocenters. The Hall–Kier alpha value is -2.54. The van der Waals surface area contributed by atoms with E-state index in [1.807, 2.05) is 0 Å². The summed E-state index contributed by atoms with van der Waals surface area (Å²) in [6, 6.07) is 5.49. The van der Waals surface area contributed by atoms with Crippen LogP contribution in [0.15, 0.2) is 30.6 Å². The lowest BCUT2D eigenvalue weighted by atomic mass is 10.00. The Balaban J connectivity index is 1.45. The van der Waals surface area contributed by atoms with E-state index in [0.717, 1.165) is 25.9 Å². The van der Waals surface area contributed by atoms with Crippen LogP contribution < -0.4 is 4.90 Å². The van der Waals surface area contributed by atoms with Gasteiger partial charge in [-0.05, 0) is 57.0 Å². The number of nitrogens with zero attached hydrogens (tertiary/aromatic N) is 5. The van der Waals surface area contributed by atoms with E-state index in [0.29, 0.717) is 23.4 Å². The molecular formula is C20H25N5O2. The summed E-state index contributed by atoms with van der Waals surface area (Å²) in [4.78, 5) is 29.4. The molecule has 0 spiro atoms. The van der Waals surface area contributed by atoms with Crippen molar-refractivity contribution in [2.24, 2.45) is 0 Å². The van der Waals surface area contributed by atoms with Gasteiger partial charge in [-0.15, -0.1) is 0 Å². The highest BCUT2D eigenvalue weighted by Crippen LogP contribution is 2.24. The molecule has 4 heterocycles. The summed E-state index contributed by atoms with van der Waals surface area (Å²) in [5, 5.41) is 9.17. The lowest BCUT2D eigenvalue weighted by Gasteiger charge is -2.40. The summed E-state index contributed by atoms with van der Waals surface area (Å²) in [7, 11) is 0. The van der Waals surface area contributed by atoms with Crippen LogP contribution >= 0.6 is 0 Å². The van der Waals surface area contributed by atoms with Gasteiger partial charge in [-0.3, -0.25) is 4.98 Å². The molecule has 2 aliphatic heterocycles. The van der Waals surface area contributed by atoms with E-state index in [4.69, 9.17) is 0 Å². The molecule has 0 radical (unpaired) electrons. The number of carboxylic acids is 1. The van der Waals surface area contributed by atoms with Crippen LogP contribution in [0.4, 0.5) is 5.95 Å². The van der Waals surface area contributed by atoms with Crippen molar-refractivity contribution >= 4 is 11.9 Å². The number of hydrogen-bond donors (Lipinski definition) is 1. The molecule has 2 aliphatic rings. The van der Waals surface area contributed by atoms with E-state index >= 15 is 0 Å². The molecule has 1 N–H and O–H groups in total. The van der Waals surface area contributed by atoms with Crippen LogP contribution in [0.25, 0.3) is 11.4 Å². The maximum atomic E-state index is 11.2. The van der Waals surface area contributed by atoms with Crippen LogP contribution in [-0.2, 0) is 0 Å². The number of likely N-dealkylation sites (tertiary alicyclic amines) is 1. The summed E-state index contributed by atoms with van der Waals surface area (Å²) in [5.74, 6) is -0.264. The number of carboxylic acid groups (broad SMARTS) is 1. The fourth-order valence-electron chi connectivity index (χ4n) is 4.06. The predicted octanol–water partition coefficient (Wildman–Crippen LogP) is 2.69. The summed E-state index contributed by atoms with van der Waals surface area (Å²) >= 11 is 0. The van der Waals surface area contributed by atoms with Gasteiger partial charge < -0.3 is 14.9 Å². The van der Waals surface area contributed by atoms with Gasteiger partial charge in [0, 0.05) is 31.5 Å². The molecule has 2 saturated heterocycles. The summed E-state index contributed by atoms with van der Waals surface area (Å²) < 4.78 is 0. The lowest BCUT2D eigenvalue weighted by Crippen LogP contribution is -2.47. The minimum atomic E-state index is -0.965. The van der Waals surface area contributed by atoms with Crippen molar-refractivity contribution < 1.29 is 9.90 Å². The zero-order valence-electron chi connectivity index (χ0n) is 15.4. The highest BCUT2D eigenvalue weighted by atomic mass is 16.4. The van der Waals surface area contributed by atoms with E-state index in [1.165, 1.54) is 44.6 Å². The van der Waals surface area contributed by atoms with E-state index in [9.17, 15) is 9.90 Å². The Labute approximate surface area is 159 Å². The molecule has 0 aliphatic carbocycles. The van der Waals surface area contributed by atoms with Gasteiger partial charge in [-0.2, -0.15) is 0 Å². The number of anilines is 1. The SMILES string of the molecule is O=C(O)c1ccnc(-c2ccnc(N3CCC(N4CCCCC4)CC3)n2)c1. The highest BCUT2D eigenvalue weighted by molar-refractivity contribution is 5.88. The van der Waals surface area contributed by atoms with Gasteiger partial charge >= 0.3 is 5.97 Å². The molecule has 2 aromatic rings. The maximum Gasteiger partial charge on any atom is 0.335 e. The monoisotopic (exact) mass is 367 g/mol. The van der Waals surface area contributed by atoms with Crippen molar-refractivity contribution in [3.63, 3.8) is 0 Å². The van der Waals surface area contributed by atoms with E-state index in [2.05, 4.69) is 24.8 Å². The number of aromatic carboxylic acids is 1. The number of aromatic nitrogens is 3. The smallest absolute Gasteiger partial charge is 0.335 e. The number of rotatable bonds is 4. The van der Waals surface area contributed by atoms with Crippen molar-refractivity contribution in [2.75, 3.05) is 31.1 Å². The molecule has 0 amide bonds. The van der Waals surface area contributed by atoms with Crippen molar-refractivity contribution in [3.8, 4) is 11.4 Å². The second-order valence-corrected chi connectivity index (χ2v) is 7.29. The average molecular weight is 367 g/mol. The van der Waals surface area contributed by atoms with Gasteiger partial charge in [0.15, 0.2) is 0 Å². The summed E-state index contributed by atoms with van der Waals surface area (Å²) in [5.41, 5.74) is 1.42. The minimum Gasteiger partial charge on any atom is -0.478 e. The third kappa shape index (κ3) is 4.08. The zero-order valence-corrected chi connectivity index (χ0v) is 15.4. The van der Waals surface area contributed by atoms with Crippen molar-refractivity contribution in [1.82, 2.24) is 19.9 Å². The third-order valence-electron chi connectivity index (χ3n) is 5.57. The summed E-state index contributed by atoms with van der Waals surface area (Å²) in [6.45, 7) is 4.38.